The predicted octanol–water partition coefficient (Wildman–Crippen LogP) is 2.56. The molecule has 18 heavy (non-hydrogen) atoms. The number of hydrogen-bond acceptors (Lipinski definition) is 3. The second-order valence-corrected chi connectivity index (χ2v) is 5.32. The summed E-state index contributed by atoms with van der Waals surface area (Å²) in [7, 11) is 4.12. The van der Waals surface area contributed by atoms with Crippen LogP contribution in [0.2, 0.25) is 0 Å². The molecule has 3 heteroatoms. The number of carbonyl (C=O) groups excluding carboxylic acids is 1. The molecule has 1 saturated heterocycles. The summed E-state index contributed by atoms with van der Waals surface area (Å²) >= 11 is 0. The molecule has 2 atom stereocenters. The van der Waals surface area contributed by atoms with E-state index in [9.17, 15) is 4.79 Å². The summed E-state index contributed by atoms with van der Waals surface area (Å²) in [5, 5.41) is 0. The molecule has 0 spiro atoms. The minimum absolute atomic E-state index is 0.119. The zero-order valence-corrected chi connectivity index (χ0v) is 11.7. The Kier molecular flexibility index (Phi) is 3.60. The number of carbonyl (C=O) groups is 1. The Bertz CT molecular complexity index is 442. The van der Waals surface area contributed by atoms with Crippen LogP contribution < -0.4 is 9.80 Å². The summed E-state index contributed by atoms with van der Waals surface area (Å²) in [4.78, 5) is 16.3. The van der Waals surface area contributed by atoms with Crippen LogP contribution >= 0.6 is 0 Å². The minimum atomic E-state index is 0.119. The molecule has 2 unspecified atom stereocenters. The van der Waals surface area contributed by atoms with Crippen LogP contribution in [0, 0.1) is 5.92 Å². The fourth-order valence-electron chi connectivity index (χ4n) is 2.63. The first kappa shape index (κ1) is 12.9. The molecule has 1 aliphatic rings. The summed E-state index contributed by atoms with van der Waals surface area (Å²) in [6.45, 7) is 5.01. The van der Waals surface area contributed by atoms with Crippen molar-refractivity contribution < 1.29 is 4.79 Å². The maximum atomic E-state index is 11.8. The summed E-state index contributed by atoms with van der Waals surface area (Å²) in [6.07, 6.45) is 0.660. The fourth-order valence-corrected chi connectivity index (χ4v) is 2.63. The number of para-hydroxylation sites is 2. The van der Waals surface area contributed by atoms with E-state index >= 15 is 0 Å². The molecule has 0 aromatic heterocycles. The maximum absolute atomic E-state index is 11.8. The zero-order valence-electron chi connectivity index (χ0n) is 11.7. The van der Waals surface area contributed by atoms with E-state index in [1.807, 2.05) is 6.92 Å². The normalized spacial score (nSPS) is 24.2. The monoisotopic (exact) mass is 246 g/mol. The van der Waals surface area contributed by atoms with E-state index in [1.165, 1.54) is 11.4 Å². The van der Waals surface area contributed by atoms with Crippen LogP contribution in [0.4, 0.5) is 11.4 Å². The van der Waals surface area contributed by atoms with Gasteiger partial charge in [0.1, 0.15) is 5.78 Å². The van der Waals surface area contributed by atoms with Crippen molar-refractivity contribution in [3.8, 4) is 0 Å². The van der Waals surface area contributed by atoms with E-state index < -0.39 is 0 Å². The molecule has 0 bridgehead atoms. The Morgan fingerprint density at radius 1 is 1.22 bits per heavy atom. The van der Waals surface area contributed by atoms with Crippen LogP contribution in [-0.4, -0.2) is 32.5 Å². The second kappa shape index (κ2) is 5.01. The standard InChI is InChI=1S/C15H22N2O/c1-11-12(2)17(10-9-15(11)18)14-8-6-5-7-13(14)16(3)4/h5-8,11-12H,9-10H2,1-4H3. The lowest BCUT2D eigenvalue weighted by atomic mass is 9.90. The van der Waals surface area contributed by atoms with Crippen LogP contribution in [0.1, 0.15) is 20.3 Å². The van der Waals surface area contributed by atoms with Gasteiger partial charge in [0, 0.05) is 39.0 Å². The Morgan fingerprint density at radius 2 is 1.89 bits per heavy atom. The lowest BCUT2D eigenvalue weighted by Gasteiger charge is -2.40. The van der Waals surface area contributed by atoms with Gasteiger partial charge in [-0.25, -0.2) is 0 Å². The molecule has 1 aliphatic heterocycles. The smallest absolute Gasteiger partial charge is 0.139 e. The van der Waals surface area contributed by atoms with Crippen molar-refractivity contribution >= 4 is 17.2 Å². The third-order valence-corrected chi connectivity index (χ3v) is 4.00. The molecule has 0 radical (unpaired) electrons. The fraction of sp³-hybridized carbons (Fsp3) is 0.533. The molecule has 0 saturated carbocycles. The molecule has 0 N–H and O–H groups in total. The van der Waals surface area contributed by atoms with Crippen LogP contribution in [0.5, 0.6) is 0 Å². The van der Waals surface area contributed by atoms with Gasteiger partial charge in [0.2, 0.25) is 0 Å². The van der Waals surface area contributed by atoms with Gasteiger partial charge in [-0.1, -0.05) is 19.1 Å². The molecule has 1 aromatic rings. The highest BCUT2D eigenvalue weighted by Crippen LogP contribution is 2.33. The van der Waals surface area contributed by atoms with Gasteiger partial charge in [-0.05, 0) is 19.1 Å². The minimum Gasteiger partial charge on any atom is -0.376 e. The highest BCUT2D eigenvalue weighted by atomic mass is 16.1. The highest BCUT2D eigenvalue weighted by molar-refractivity contribution is 5.85. The predicted molar refractivity (Wildman–Crippen MR) is 76.4 cm³/mol. The van der Waals surface area contributed by atoms with E-state index in [-0.39, 0.29) is 12.0 Å². The Morgan fingerprint density at radius 3 is 2.56 bits per heavy atom. The van der Waals surface area contributed by atoms with Gasteiger partial charge < -0.3 is 9.80 Å². The maximum Gasteiger partial charge on any atom is 0.139 e. The molecule has 0 amide bonds. The Hall–Kier alpha value is -1.51. The Labute approximate surface area is 109 Å². The quantitative estimate of drug-likeness (QED) is 0.801. The SMILES string of the molecule is CC1C(=O)CCN(c2ccccc2N(C)C)C1C. The molecule has 1 fully saturated rings. The van der Waals surface area contributed by atoms with E-state index in [0.29, 0.717) is 12.2 Å². The molecule has 1 aromatic carbocycles. The van der Waals surface area contributed by atoms with Crippen molar-refractivity contribution in [3.05, 3.63) is 24.3 Å². The highest BCUT2D eigenvalue weighted by Gasteiger charge is 2.31. The first-order valence-electron chi connectivity index (χ1n) is 6.58. The van der Waals surface area contributed by atoms with Crippen molar-refractivity contribution in [1.82, 2.24) is 0 Å². The molecule has 1 heterocycles. The first-order chi connectivity index (χ1) is 8.52. The third kappa shape index (κ3) is 2.22. The van der Waals surface area contributed by atoms with Crippen molar-refractivity contribution in [3.63, 3.8) is 0 Å². The van der Waals surface area contributed by atoms with E-state index in [0.717, 1.165) is 6.54 Å². The summed E-state index contributed by atoms with van der Waals surface area (Å²) < 4.78 is 0. The third-order valence-electron chi connectivity index (χ3n) is 4.00. The van der Waals surface area contributed by atoms with Crippen molar-refractivity contribution in [2.75, 3.05) is 30.4 Å². The van der Waals surface area contributed by atoms with Crippen molar-refractivity contribution in [2.24, 2.45) is 5.92 Å². The number of Topliss-reactive ketones (excluding diaryl/α,β-unsaturated/α-hetero) is 1. The topological polar surface area (TPSA) is 23.6 Å². The van der Waals surface area contributed by atoms with Crippen LogP contribution in [-0.2, 0) is 4.79 Å². The largest absolute Gasteiger partial charge is 0.376 e. The lowest BCUT2D eigenvalue weighted by molar-refractivity contribution is -0.123. The van der Waals surface area contributed by atoms with Gasteiger partial charge in [0.05, 0.1) is 11.4 Å². The van der Waals surface area contributed by atoms with Crippen LogP contribution in [0.25, 0.3) is 0 Å². The lowest BCUT2D eigenvalue weighted by Crippen LogP contribution is -2.47. The number of piperidine rings is 1. The molecule has 3 nitrogen and oxygen atoms in total. The van der Waals surface area contributed by atoms with Crippen molar-refractivity contribution in [2.45, 2.75) is 26.3 Å². The van der Waals surface area contributed by atoms with Gasteiger partial charge >= 0.3 is 0 Å². The van der Waals surface area contributed by atoms with E-state index in [1.54, 1.807) is 0 Å². The average Bonchev–Trinajstić information content (AvgIpc) is 2.36. The van der Waals surface area contributed by atoms with Gasteiger partial charge in [-0.3, -0.25) is 4.79 Å². The molecular weight excluding hydrogens is 224 g/mol. The van der Waals surface area contributed by atoms with Gasteiger partial charge in [-0.15, -0.1) is 0 Å². The molecular formula is C15H22N2O. The van der Waals surface area contributed by atoms with Crippen LogP contribution in [0.3, 0.4) is 0 Å². The van der Waals surface area contributed by atoms with Gasteiger partial charge in [0.15, 0.2) is 0 Å². The number of nitrogens with zero attached hydrogens (tertiary/aromatic N) is 2. The van der Waals surface area contributed by atoms with E-state index in [2.05, 4.69) is 55.1 Å². The zero-order chi connectivity index (χ0) is 13.3. The van der Waals surface area contributed by atoms with Gasteiger partial charge in [-0.2, -0.15) is 0 Å². The summed E-state index contributed by atoms with van der Waals surface area (Å²) in [6, 6.07) is 8.67. The number of hydrogen-bond donors (Lipinski definition) is 0. The molecule has 98 valence electrons. The number of ketones is 1. The van der Waals surface area contributed by atoms with Gasteiger partial charge in [0.25, 0.3) is 0 Å². The molecule has 2 rings (SSSR count). The number of rotatable bonds is 2. The summed E-state index contributed by atoms with van der Waals surface area (Å²) in [5.41, 5.74) is 2.44. The van der Waals surface area contributed by atoms with E-state index in [4.69, 9.17) is 0 Å². The Balaban J connectivity index is 2.34. The number of anilines is 2. The average molecular weight is 246 g/mol. The molecule has 0 aliphatic carbocycles. The first-order valence-corrected chi connectivity index (χ1v) is 6.58. The second-order valence-electron chi connectivity index (χ2n) is 5.32. The summed E-state index contributed by atoms with van der Waals surface area (Å²) in [5.74, 6) is 0.509. The number of benzene rings is 1. The van der Waals surface area contributed by atoms with Crippen molar-refractivity contribution in [1.29, 1.82) is 0 Å². The van der Waals surface area contributed by atoms with Crippen LogP contribution in [0.15, 0.2) is 24.3 Å².